The molecular formula is C17H23N3O. The molecule has 1 saturated heterocycles. The van der Waals surface area contributed by atoms with Gasteiger partial charge in [-0.15, -0.1) is 0 Å². The van der Waals surface area contributed by atoms with Gasteiger partial charge in [0.05, 0.1) is 6.54 Å². The van der Waals surface area contributed by atoms with Crippen LogP contribution in [-0.2, 0) is 4.79 Å². The van der Waals surface area contributed by atoms with E-state index in [9.17, 15) is 4.79 Å². The van der Waals surface area contributed by atoms with E-state index < -0.39 is 0 Å². The molecular weight excluding hydrogens is 262 g/mol. The molecule has 4 heteroatoms. The van der Waals surface area contributed by atoms with Gasteiger partial charge in [0.2, 0.25) is 5.91 Å². The Labute approximate surface area is 125 Å². The predicted molar refractivity (Wildman–Crippen MR) is 85.4 cm³/mol. The average Bonchev–Trinajstić information content (AvgIpc) is 2.90. The lowest BCUT2D eigenvalue weighted by molar-refractivity contribution is -0.132. The number of amides is 1. The summed E-state index contributed by atoms with van der Waals surface area (Å²) in [4.78, 5) is 19.4. The zero-order valence-corrected chi connectivity index (χ0v) is 12.8. The number of aromatic amines is 1. The van der Waals surface area contributed by atoms with E-state index in [4.69, 9.17) is 0 Å². The van der Waals surface area contributed by atoms with Crippen molar-refractivity contribution in [3.05, 3.63) is 36.0 Å². The fourth-order valence-electron chi connectivity index (χ4n) is 3.24. The SMILES string of the molecule is CN(C)CC(=O)N1CCC(c2c[nH]c3ccccc23)CC1. The summed E-state index contributed by atoms with van der Waals surface area (Å²) in [5, 5.41) is 1.33. The summed E-state index contributed by atoms with van der Waals surface area (Å²) in [6, 6.07) is 8.46. The second-order valence-electron chi connectivity index (χ2n) is 6.18. The van der Waals surface area contributed by atoms with E-state index in [1.165, 1.54) is 16.5 Å². The molecule has 1 amide bonds. The number of likely N-dealkylation sites (N-methyl/N-ethyl adjacent to an activating group) is 1. The van der Waals surface area contributed by atoms with Gasteiger partial charge < -0.3 is 14.8 Å². The molecule has 1 fully saturated rings. The quantitative estimate of drug-likeness (QED) is 0.941. The molecule has 0 spiro atoms. The van der Waals surface area contributed by atoms with Crippen molar-refractivity contribution in [2.75, 3.05) is 33.7 Å². The average molecular weight is 285 g/mol. The monoisotopic (exact) mass is 285 g/mol. The van der Waals surface area contributed by atoms with E-state index in [-0.39, 0.29) is 5.91 Å². The number of benzene rings is 1. The Morgan fingerprint density at radius 3 is 2.71 bits per heavy atom. The van der Waals surface area contributed by atoms with Crippen LogP contribution in [0.15, 0.2) is 30.5 Å². The standard InChI is InChI=1S/C17H23N3O/c1-19(2)12-17(21)20-9-7-13(8-10-20)15-11-18-16-6-4-3-5-14(15)16/h3-6,11,13,18H,7-10,12H2,1-2H3. The van der Waals surface area contributed by atoms with Crippen LogP contribution in [0.25, 0.3) is 10.9 Å². The van der Waals surface area contributed by atoms with Crippen LogP contribution in [0.4, 0.5) is 0 Å². The molecule has 1 aromatic carbocycles. The molecule has 4 nitrogen and oxygen atoms in total. The summed E-state index contributed by atoms with van der Waals surface area (Å²) in [6.45, 7) is 2.26. The summed E-state index contributed by atoms with van der Waals surface area (Å²) in [5.41, 5.74) is 2.61. The molecule has 1 aliphatic heterocycles. The van der Waals surface area contributed by atoms with Crippen LogP contribution in [0.2, 0.25) is 0 Å². The lowest BCUT2D eigenvalue weighted by atomic mass is 9.89. The Bertz CT molecular complexity index is 624. The number of para-hydroxylation sites is 1. The number of likely N-dealkylation sites (tertiary alicyclic amines) is 1. The van der Waals surface area contributed by atoms with Crippen LogP contribution in [0.1, 0.15) is 24.3 Å². The number of rotatable bonds is 3. The molecule has 0 aliphatic carbocycles. The van der Waals surface area contributed by atoms with Gasteiger partial charge in [-0.1, -0.05) is 18.2 Å². The molecule has 21 heavy (non-hydrogen) atoms. The van der Waals surface area contributed by atoms with Gasteiger partial charge in [0.15, 0.2) is 0 Å². The van der Waals surface area contributed by atoms with Crippen LogP contribution in [0, 0.1) is 0 Å². The van der Waals surface area contributed by atoms with Crippen LogP contribution in [-0.4, -0.2) is 54.4 Å². The fraction of sp³-hybridized carbons (Fsp3) is 0.471. The summed E-state index contributed by atoms with van der Waals surface area (Å²) in [6.07, 6.45) is 4.26. The molecule has 112 valence electrons. The third kappa shape index (κ3) is 2.95. The molecule has 2 heterocycles. The molecule has 1 N–H and O–H groups in total. The Balaban J connectivity index is 1.67. The number of hydrogen-bond donors (Lipinski definition) is 1. The van der Waals surface area contributed by atoms with Crippen molar-refractivity contribution in [2.45, 2.75) is 18.8 Å². The summed E-state index contributed by atoms with van der Waals surface area (Å²) >= 11 is 0. The first-order valence-corrected chi connectivity index (χ1v) is 7.63. The van der Waals surface area contributed by atoms with Crippen LogP contribution < -0.4 is 0 Å². The van der Waals surface area contributed by atoms with Gasteiger partial charge in [-0.05, 0) is 44.5 Å². The van der Waals surface area contributed by atoms with Crippen molar-refractivity contribution >= 4 is 16.8 Å². The molecule has 0 saturated carbocycles. The van der Waals surface area contributed by atoms with E-state index in [2.05, 4.69) is 35.4 Å². The lowest BCUT2D eigenvalue weighted by Gasteiger charge is -2.32. The lowest BCUT2D eigenvalue weighted by Crippen LogP contribution is -2.42. The van der Waals surface area contributed by atoms with Crippen molar-refractivity contribution < 1.29 is 4.79 Å². The van der Waals surface area contributed by atoms with E-state index >= 15 is 0 Å². The smallest absolute Gasteiger partial charge is 0.236 e. The van der Waals surface area contributed by atoms with Gasteiger partial charge in [0.1, 0.15) is 0 Å². The molecule has 3 rings (SSSR count). The highest BCUT2D eigenvalue weighted by atomic mass is 16.2. The highest BCUT2D eigenvalue weighted by Gasteiger charge is 2.25. The van der Waals surface area contributed by atoms with Crippen LogP contribution in [0.3, 0.4) is 0 Å². The number of carbonyl (C=O) groups excluding carboxylic acids is 1. The molecule has 1 aliphatic rings. The van der Waals surface area contributed by atoms with Crippen molar-refractivity contribution in [1.82, 2.24) is 14.8 Å². The Morgan fingerprint density at radius 1 is 1.29 bits per heavy atom. The van der Waals surface area contributed by atoms with Crippen LogP contribution in [0.5, 0.6) is 0 Å². The number of nitrogens with one attached hydrogen (secondary N) is 1. The molecule has 2 aromatic rings. The van der Waals surface area contributed by atoms with Gasteiger partial charge in [-0.25, -0.2) is 0 Å². The van der Waals surface area contributed by atoms with E-state index in [1.807, 2.05) is 23.9 Å². The largest absolute Gasteiger partial charge is 0.361 e. The van der Waals surface area contributed by atoms with Crippen molar-refractivity contribution in [1.29, 1.82) is 0 Å². The minimum atomic E-state index is 0.248. The van der Waals surface area contributed by atoms with E-state index in [1.54, 1.807) is 0 Å². The maximum absolute atomic E-state index is 12.1. The molecule has 0 atom stereocenters. The molecule has 0 radical (unpaired) electrons. The first-order chi connectivity index (χ1) is 10.1. The summed E-state index contributed by atoms with van der Waals surface area (Å²) < 4.78 is 0. The highest BCUT2D eigenvalue weighted by molar-refractivity contribution is 5.83. The molecule has 1 aromatic heterocycles. The maximum atomic E-state index is 12.1. The zero-order valence-electron chi connectivity index (χ0n) is 12.8. The van der Waals surface area contributed by atoms with Crippen molar-refractivity contribution in [3.8, 4) is 0 Å². The van der Waals surface area contributed by atoms with Gasteiger partial charge >= 0.3 is 0 Å². The number of fused-ring (bicyclic) bond motifs is 1. The van der Waals surface area contributed by atoms with E-state index in [0.717, 1.165) is 25.9 Å². The second-order valence-corrected chi connectivity index (χ2v) is 6.18. The van der Waals surface area contributed by atoms with Gasteiger partial charge in [0, 0.05) is 30.2 Å². The number of carbonyl (C=O) groups is 1. The summed E-state index contributed by atoms with van der Waals surface area (Å²) in [5.74, 6) is 0.807. The van der Waals surface area contributed by atoms with Gasteiger partial charge in [-0.3, -0.25) is 4.79 Å². The third-order valence-corrected chi connectivity index (χ3v) is 4.36. The predicted octanol–water partition coefficient (Wildman–Crippen LogP) is 2.44. The zero-order chi connectivity index (χ0) is 14.8. The molecule has 0 bridgehead atoms. The maximum Gasteiger partial charge on any atom is 0.236 e. The molecule has 0 unspecified atom stereocenters. The third-order valence-electron chi connectivity index (χ3n) is 4.36. The van der Waals surface area contributed by atoms with Crippen LogP contribution >= 0.6 is 0 Å². The normalized spacial score (nSPS) is 16.8. The topological polar surface area (TPSA) is 39.3 Å². The second kappa shape index (κ2) is 5.90. The first-order valence-electron chi connectivity index (χ1n) is 7.63. The fourth-order valence-corrected chi connectivity index (χ4v) is 3.24. The van der Waals surface area contributed by atoms with Crippen molar-refractivity contribution in [2.24, 2.45) is 0 Å². The minimum Gasteiger partial charge on any atom is -0.361 e. The van der Waals surface area contributed by atoms with E-state index in [0.29, 0.717) is 12.5 Å². The van der Waals surface area contributed by atoms with Gasteiger partial charge in [-0.2, -0.15) is 0 Å². The number of hydrogen-bond acceptors (Lipinski definition) is 2. The Hall–Kier alpha value is -1.81. The summed E-state index contributed by atoms with van der Waals surface area (Å²) in [7, 11) is 3.88. The highest BCUT2D eigenvalue weighted by Crippen LogP contribution is 2.33. The Morgan fingerprint density at radius 2 is 2.00 bits per heavy atom. The Kier molecular flexibility index (Phi) is 3.97. The van der Waals surface area contributed by atoms with Crippen molar-refractivity contribution in [3.63, 3.8) is 0 Å². The van der Waals surface area contributed by atoms with Gasteiger partial charge in [0.25, 0.3) is 0 Å². The minimum absolute atomic E-state index is 0.248. The number of nitrogens with zero attached hydrogens (tertiary/aromatic N) is 2. The first kappa shape index (κ1) is 14.1. The number of aromatic nitrogens is 1. The number of piperidine rings is 1. The number of H-pyrrole nitrogens is 1.